The van der Waals surface area contributed by atoms with Gasteiger partial charge in [-0.25, -0.2) is 0 Å². The summed E-state index contributed by atoms with van der Waals surface area (Å²) in [5, 5.41) is 12.4. The number of piperidine rings is 1. The van der Waals surface area contributed by atoms with Crippen LogP contribution in [0.3, 0.4) is 0 Å². The molecule has 28 heavy (non-hydrogen) atoms. The van der Waals surface area contributed by atoms with Crippen LogP contribution in [0.15, 0.2) is 24.3 Å². The molecule has 0 aromatic heterocycles. The normalized spacial score (nSPS) is 39.6. The standard InChI is InChI=1S/C20H23F3N2O3/c21-20(22,23)14-3-1-2-13(6-14)19-4-5-25(10-15(19)9-19)16(26)12-7-18(8-12)11-28-17(27)24-18/h1-3,6,12,15,17,24,27H,4-5,7-11H2. The minimum absolute atomic E-state index is 0.0683. The van der Waals surface area contributed by atoms with E-state index in [4.69, 9.17) is 4.74 Å². The molecule has 1 amide bonds. The van der Waals surface area contributed by atoms with Crippen LogP contribution >= 0.6 is 0 Å². The average Bonchev–Trinajstić information content (AvgIpc) is 3.25. The third kappa shape index (κ3) is 2.84. The number of amides is 1. The molecule has 2 N–H and O–H groups in total. The highest BCUT2D eigenvalue weighted by Crippen LogP contribution is 2.60. The van der Waals surface area contributed by atoms with Crippen LogP contribution in [0, 0.1) is 11.8 Å². The van der Waals surface area contributed by atoms with Crippen molar-refractivity contribution < 1.29 is 27.8 Å². The summed E-state index contributed by atoms with van der Waals surface area (Å²) in [5.41, 5.74) is -0.333. The zero-order valence-electron chi connectivity index (χ0n) is 15.3. The van der Waals surface area contributed by atoms with Crippen molar-refractivity contribution in [1.82, 2.24) is 10.2 Å². The van der Waals surface area contributed by atoms with Crippen molar-refractivity contribution in [3.05, 3.63) is 35.4 Å². The molecule has 2 heterocycles. The van der Waals surface area contributed by atoms with Gasteiger partial charge in [-0.2, -0.15) is 13.2 Å². The molecule has 3 unspecified atom stereocenters. The van der Waals surface area contributed by atoms with Gasteiger partial charge in [0.1, 0.15) is 0 Å². The molecule has 3 atom stereocenters. The summed E-state index contributed by atoms with van der Waals surface area (Å²) in [6.07, 6.45) is -2.42. The van der Waals surface area contributed by atoms with Crippen molar-refractivity contribution in [2.45, 2.75) is 49.2 Å². The molecule has 2 aliphatic heterocycles. The first-order chi connectivity index (χ1) is 13.2. The lowest BCUT2D eigenvalue weighted by atomic mass is 9.68. The Bertz CT molecular complexity index is 808. The highest BCUT2D eigenvalue weighted by Gasteiger charge is 2.59. The minimum Gasteiger partial charge on any atom is -0.356 e. The molecule has 2 saturated carbocycles. The van der Waals surface area contributed by atoms with Gasteiger partial charge in [0.15, 0.2) is 0 Å². The van der Waals surface area contributed by atoms with Crippen LogP contribution < -0.4 is 5.32 Å². The molecular weight excluding hydrogens is 373 g/mol. The van der Waals surface area contributed by atoms with Crippen molar-refractivity contribution in [1.29, 1.82) is 0 Å². The fourth-order valence-electron chi connectivity index (χ4n) is 5.46. The van der Waals surface area contributed by atoms with E-state index in [-0.39, 0.29) is 28.7 Å². The van der Waals surface area contributed by atoms with Gasteiger partial charge in [-0.1, -0.05) is 18.2 Å². The Morgan fingerprint density at radius 1 is 1.29 bits per heavy atom. The molecule has 8 heteroatoms. The number of carbonyl (C=O) groups excluding carboxylic acids is 1. The number of nitrogens with one attached hydrogen (secondary N) is 1. The Labute approximate surface area is 160 Å². The van der Waals surface area contributed by atoms with E-state index in [2.05, 4.69) is 5.32 Å². The van der Waals surface area contributed by atoms with Gasteiger partial charge in [-0.05, 0) is 43.2 Å². The van der Waals surface area contributed by atoms with Crippen molar-refractivity contribution in [3.8, 4) is 0 Å². The summed E-state index contributed by atoms with van der Waals surface area (Å²) in [6, 6.07) is 5.67. The first-order valence-corrected chi connectivity index (χ1v) is 9.75. The zero-order valence-corrected chi connectivity index (χ0v) is 15.3. The number of benzene rings is 1. The van der Waals surface area contributed by atoms with E-state index in [1.54, 1.807) is 6.07 Å². The van der Waals surface area contributed by atoms with Gasteiger partial charge in [0.2, 0.25) is 12.3 Å². The van der Waals surface area contributed by atoms with Crippen LogP contribution in [0.1, 0.15) is 36.8 Å². The summed E-state index contributed by atoms with van der Waals surface area (Å²) in [4.78, 5) is 14.7. The van der Waals surface area contributed by atoms with Crippen LogP contribution in [0.2, 0.25) is 0 Å². The highest BCUT2D eigenvalue weighted by molar-refractivity contribution is 5.80. The Hall–Kier alpha value is -1.64. The smallest absolute Gasteiger partial charge is 0.356 e. The van der Waals surface area contributed by atoms with Gasteiger partial charge in [0, 0.05) is 30.0 Å². The highest BCUT2D eigenvalue weighted by atomic mass is 19.4. The second kappa shape index (κ2) is 5.93. The largest absolute Gasteiger partial charge is 0.416 e. The zero-order chi connectivity index (χ0) is 19.7. The van der Waals surface area contributed by atoms with E-state index in [9.17, 15) is 23.1 Å². The number of alkyl halides is 3. The summed E-state index contributed by atoms with van der Waals surface area (Å²) in [5.74, 6) is 0.289. The maximum atomic E-state index is 13.0. The monoisotopic (exact) mass is 396 g/mol. The Morgan fingerprint density at radius 3 is 2.71 bits per heavy atom. The van der Waals surface area contributed by atoms with Crippen LogP contribution in [-0.4, -0.2) is 47.6 Å². The van der Waals surface area contributed by atoms with E-state index in [1.807, 2.05) is 4.90 Å². The molecule has 4 fully saturated rings. The second-order valence-electron chi connectivity index (χ2n) is 8.86. The SMILES string of the molecule is O=C(C1CC2(COC(O)N2)C1)N1CCC2(c3cccc(C(F)(F)F)c3)CC2C1. The number of carbonyl (C=O) groups is 1. The number of ether oxygens (including phenoxy) is 1. The van der Waals surface area contributed by atoms with Gasteiger partial charge in [0.25, 0.3) is 0 Å². The van der Waals surface area contributed by atoms with Crippen molar-refractivity contribution in [2.24, 2.45) is 11.8 Å². The quantitative estimate of drug-likeness (QED) is 0.805. The third-order valence-electron chi connectivity index (χ3n) is 7.15. The number of fused-ring (bicyclic) bond motifs is 1. The summed E-state index contributed by atoms with van der Waals surface area (Å²) in [6.45, 7) is 1.62. The lowest BCUT2D eigenvalue weighted by Crippen LogP contribution is -2.59. The first-order valence-electron chi connectivity index (χ1n) is 9.75. The fourth-order valence-corrected chi connectivity index (χ4v) is 5.46. The second-order valence-corrected chi connectivity index (χ2v) is 8.86. The predicted molar refractivity (Wildman–Crippen MR) is 93.0 cm³/mol. The number of halogens is 3. The van der Waals surface area contributed by atoms with Crippen molar-refractivity contribution in [3.63, 3.8) is 0 Å². The van der Waals surface area contributed by atoms with Gasteiger partial charge < -0.3 is 14.7 Å². The van der Waals surface area contributed by atoms with Gasteiger partial charge in [-0.3, -0.25) is 10.1 Å². The van der Waals surface area contributed by atoms with E-state index in [0.29, 0.717) is 39.0 Å². The number of hydrogen-bond donors (Lipinski definition) is 2. The average molecular weight is 396 g/mol. The summed E-state index contributed by atoms with van der Waals surface area (Å²) in [7, 11) is 0. The van der Waals surface area contributed by atoms with E-state index in [1.165, 1.54) is 12.1 Å². The Kier molecular flexibility index (Phi) is 3.90. The molecule has 1 aromatic carbocycles. The number of aliphatic hydroxyl groups is 1. The van der Waals surface area contributed by atoms with Gasteiger partial charge in [-0.15, -0.1) is 0 Å². The molecule has 0 radical (unpaired) electrons. The van der Waals surface area contributed by atoms with Crippen LogP contribution in [0.25, 0.3) is 0 Å². The van der Waals surface area contributed by atoms with Crippen molar-refractivity contribution in [2.75, 3.05) is 19.7 Å². The van der Waals surface area contributed by atoms with E-state index in [0.717, 1.165) is 18.1 Å². The lowest BCUT2D eigenvalue weighted by Gasteiger charge is -2.45. The maximum Gasteiger partial charge on any atom is 0.416 e. The topological polar surface area (TPSA) is 61.8 Å². The lowest BCUT2D eigenvalue weighted by molar-refractivity contribution is -0.142. The Morgan fingerprint density at radius 2 is 2.07 bits per heavy atom. The molecule has 2 saturated heterocycles. The maximum absolute atomic E-state index is 13.0. The van der Waals surface area contributed by atoms with Gasteiger partial charge in [0.05, 0.1) is 12.2 Å². The summed E-state index contributed by atoms with van der Waals surface area (Å²) >= 11 is 0. The van der Waals surface area contributed by atoms with Crippen molar-refractivity contribution >= 4 is 5.91 Å². The number of hydrogen-bond acceptors (Lipinski definition) is 4. The number of nitrogens with zero attached hydrogens (tertiary/aromatic N) is 1. The summed E-state index contributed by atoms with van der Waals surface area (Å²) < 4.78 is 44.3. The molecule has 2 aliphatic carbocycles. The molecule has 5 nitrogen and oxygen atoms in total. The fraction of sp³-hybridized carbons (Fsp3) is 0.650. The molecule has 152 valence electrons. The number of rotatable bonds is 2. The van der Waals surface area contributed by atoms with Crippen LogP contribution in [0.5, 0.6) is 0 Å². The van der Waals surface area contributed by atoms with Gasteiger partial charge >= 0.3 is 6.18 Å². The van der Waals surface area contributed by atoms with Crippen LogP contribution in [-0.2, 0) is 21.1 Å². The molecule has 0 bridgehead atoms. The molecular formula is C20H23F3N2O3. The first kappa shape index (κ1) is 18.4. The minimum atomic E-state index is -4.33. The Balaban J connectivity index is 1.22. The molecule has 4 aliphatic rings. The number of aliphatic hydroxyl groups excluding tert-OH is 1. The predicted octanol–water partition coefficient (Wildman–Crippen LogP) is 2.24. The molecule has 1 spiro atoms. The molecule has 5 rings (SSSR count). The van der Waals surface area contributed by atoms with E-state index >= 15 is 0 Å². The number of likely N-dealkylation sites (tertiary alicyclic amines) is 1. The van der Waals surface area contributed by atoms with E-state index < -0.39 is 18.2 Å². The van der Waals surface area contributed by atoms with Crippen LogP contribution in [0.4, 0.5) is 13.2 Å². The molecule has 1 aromatic rings. The third-order valence-corrected chi connectivity index (χ3v) is 7.15.